The summed E-state index contributed by atoms with van der Waals surface area (Å²) in [6.45, 7) is 0. The zero-order valence-electron chi connectivity index (χ0n) is 14.4. The summed E-state index contributed by atoms with van der Waals surface area (Å²) in [7, 11) is 0. The number of hydrogen-bond acceptors (Lipinski definition) is 6. The summed E-state index contributed by atoms with van der Waals surface area (Å²) in [5, 5.41) is 41.8. The lowest BCUT2D eigenvalue weighted by Crippen LogP contribution is -2.20. The number of aromatic hydroxyl groups is 2. The summed E-state index contributed by atoms with van der Waals surface area (Å²) in [6.07, 6.45) is 4.03. The zero-order chi connectivity index (χ0) is 19.4. The molecule has 2 saturated carbocycles. The Morgan fingerprint density at radius 1 is 0.741 bits per heavy atom. The van der Waals surface area contributed by atoms with E-state index in [1.807, 2.05) is 0 Å². The molecule has 140 valence electrons. The fraction of sp³-hybridized carbons (Fsp3) is 0.368. The number of fused-ring (bicyclic) bond motifs is 2. The van der Waals surface area contributed by atoms with Crippen molar-refractivity contribution in [3.63, 3.8) is 0 Å². The van der Waals surface area contributed by atoms with E-state index in [2.05, 4.69) is 0 Å². The van der Waals surface area contributed by atoms with Crippen LogP contribution in [0.25, 0.3) is 0 Å². The highest BCUT2D eigenvalue weighted by molar-refractivity contribution is 5.53. The average molecular weight is 370 g/mol. The standard InChI is InChI=1S/C19H18N2O6/c22-16-3-1-12(9-14(16)20(24)25)18-5-7-19(11-18,8-6-18)13-2-4-17(23)15(10-13)21(26)27/h1-4,9-10,22-23H,5-8,11H2. The van der Waals surface area contributed by atoms with Crippen LogP contribution in [0.3, 0.4) is 0 Å². The maximum absolute atomic E-state index is 11.2. The number of benzene rings is 2. The van der Waals surface area contributed by atoms with Gasteiger partial charge in [0.25, 0.3) is 0 Å². The number of rotatable bonds is 4. The van der Waals surface area contributed by atoms with Crippen LogP contribution >= 0.6 is 0 Å². The van der Waals surface area contributed by atoms with Crippen LogP contribution in [0.1, 0.15) is 43.2 Å². The normalized spacial score (nSPS) is 26.2. The smallest absolute Gasteiger partial charge is 0.310 e. The second-order valence-electron chi connectivity index (χ2n) is 7.66. The molecular formula is C19H18N2O6. The van der Waals surface area contributed by atoms with Crippen molar-refractivity contribution in [1.29, 1.82) is 0 Å². The molecule has 0 amide bonds. The van der Waals surface area contributed by atoms with Gasteiger partial charge in [0.1, 0.15) is 0 Å². The zero-order valence-corrected chi connectivity index (χ0v) is 14.4. The molecular weight excluding hydrogens is 352 g/mol. The van der Waals surface area contributed by atoms with Gasteiger partial charge in [-0.25, -0.2) is 0 Å². The third-order valence-corrected chi connectivity index (χ3v) is 6.41. The Bertz CT molecular complexity index is 885. The Morgan fingerprint density at radius 2 is 1.11 bits per heavy atom. The van der Waals surface area contributed by atoms with Gasteiger partial charge in [0.05, 0.1) is 9.85 Å². The number of nitro groups is 2. The largest absolute Gasteiger partial charge is 0.502 e. The van der Waals surface area contributed by atoms with Crippen LogP contribution in [-0.4, -0.2) is 20.1 Å². The van der Waals surface area contributed by atoms with E-state index in [0.29, 0.717) is 0 Å². The van der Waals surface area contributed by atoms with Crippen LogP contribution in [0.5, 0.6) is 11.5 Å². The second-order valence-corrected chi connectivity index (χ2v) is 7.66. The SMILES string of the molecule is O=[N+]([O-])c1cc(C23CCC(c4ccc(O)c([N+](=O)[O-])c4)(CC2)C3)ccc1O. The quantitative estimate of drug-likeness (QED) is 0.617. The maximum atomic E-state index is 11.2. The van der Waals surface area contributed by atoms with Crippen molar-refractivity contribution in [2.24, 2.45) is 0 Å². The first-order chi connectivity index (χ1) is 12.8. The molecule has 0 atom stereocenters. The minimum Gasteiger partial charge on any atom is -0.502 e. The van der Waals surface area contributed by atoms with Gasteiger partial charge in [-0.05, 0) is 66.2 Å². The van der Waals surface area contributed by atoms with Crippen molar-refractivity contribution < 1.29 is 20.1 Å². The molecule has 2 aliphatic rings. The predicted molar refractivity (Wildman–Crippen MR) is 96.0 cm³/mol. The molecule has 0 unspecified atom stereocenters. The van der Waals surface area contributed by atoms with Gasteiger partial charge in [0, 0.05) is 12.1 Å². The molecule has 0 spiro atoms. The Labute approximate surface area is 154 Å². The van der Waals surface area contributed by atoms with Crippen molar-refractivity contribution >= 4 is 11.4 Å². The van der Waals surface area contributed by atoms with E-state index >= 15 is 0 Å². The highest BCUT2D eigenvalue weighted by atomic mass is 16.6. The van der Waals surface area contributed by atoms with Gasteiger partial charge in [0.2, 0.25) is 0 Å². The van der Waals surface area contributed by atoms with E-state index in [4.69, 9.17) is 0 Å². The lowest BCUT2D eigenvalue weighted by atomic mass is 9.76. The lowest BCUT2D eigenvalue weighted by Gasteiger charge is -2.28. The molecule has 2 N–H and O–H groups in total. The minimum atomic E-state index is -0.587. The number of phenols is 2. The summed E-state index contributed by atoms with van der Waals surface area (Å²) >= 11 is 0. The van der Waals surface area contributed by atoms with Crippen LogP contribution in [-0.2, 0) is 10.8 Å². The molecule has 27 heavy (non-hydrogen) atoms. The lowest BCUT2D eigenvalue weighted by molar-refractivity contribution is -0.386. The number of nitrogens with zero attached hydrogens (tertiary/aromatic N) is 2. The highest BCUT2D eigenvalue weighted by Gasteiger charge is 2.56. The summed E-state index contributed by atoms with van der Waals surface area (Å²) in [4.78, 5) is 21.2. The van der Waals surface area contributed by atoms with Crippen LogP contribution in [0.2, 0.25) is 0 Å². The van der Waals surface area contributed by atoms with Gasteiger partial charge < -0.3 is 10.2 Å². The maximum Gasteiger partial charge on any atom is 0.310 e. The van der Waals surface area contributed by atoms with E-state index < -0.39 is 9.85 Å². The van der Waals surface area contributed by atoms with E-state index in [9.17, 15) is 30.4 Å². The predicted octanol–water partition coefficient (Wildman–Crippen LogP) is 4.07. The Balaban J connectivity index is 1.72. The van der Waals surface area contributed by atoms with Crippen LogP contribution in [0.4, 0.5) is 11.4 Å². The fourth-order valence-corrected chi connectivity index (χ4v) is 4.99. The van der Waals surface area contributed by atoms with Crippen molar-refractivity contribution in [3.05, 3.63) is 67.8 Å². The summed E-state index contributed by atoms with van der Waals surface area (Å²) in [5.41, 5.74) is 0.605. The van der Waals surface area contributed by atoms with Crippen molar-refractivity contribution in [1.82, 2.24) is 0 Å². The molecule has 0 aliphatic heterocycles. The first kappa shape index (κ1) is 17.3. The number of hydrogen-bond donors (Lipinski definition) is 2. The molecule has 8 nitrogen and oxygen atoms in total. The molecule has 0 radical (unpaired) electrons. The topological polar surface area (TPSA) is 127 Å². The average Bonchev–Trinajstić information content (AvgIpc) is 3.20. The Morgan fingerprint density at radius 3 is 1.44 bits per heavy atom. The molecule has 0 aromatic heterocycles. The number of nitro benzene ring substituents is 2. The minimum absolute atomic E-state index is 0.231. The first-order valence-electron chi connectivity index (χ1n) is 8.72. The molecule has 8 heteroatoms. The van der Waals surface area contributed by atoms with Gasteiger partial charge in [-0.1, -0.05) is 12.1 Å². The van der Waals surface area contributed by atoms with E-state index in [0.717, 1.165) is 43.2 Å². The van der Waals surface area contributed by atoms with Gasteiger partial charge in [-0.15, -0.1) is 0 Å². The van der Waals surface area contributed by atoms with Crippen LogP contribution in [0.15, 0.2) is 36.4 Å². The van der Waals surface area contributed by atoms with Crippen molar-refractivity contribution in [3.8, 4) is 11.5 Å². The highest BCUT2D eigenvalue weighted by Crippen LogP contribution is 2.63. The first-order valence-corrected chi connectivity index (χ1v) is 8.72. The van der Waals surface area contributed by atoms with Gasteiger partial charge >= 0.3 is 11.4 Å². The van der Waals surface area contributed by atoms with Gasteiger partial charge in [0.15, 0.2) is 11.5 Å². The monoisotopic (exact) mass is 370 g/mol. The second kappa shape index (κ2) is 5.67. The van der Waals surface area contributed by atoms with E-state index in [-0.39, 0.29) is 33.7 Å². The van der Waals surface area contributed by atoms with Crippen LogP contribution < -0.4 is 0 Å². The number of phenolic OH excluding ortho intramolecular Hbond substituents is 2. The molecule has 2 aliphatic carbocycles. The molecule has 2 aromatic carbocycles. The third kappa shape index (κ3) is 2.51. The molecule has 2 fully saturated rings. The van der Waals surface area contributed by atoms with E-state index in [1.54, 1.807) is 12.1 Å². The summed E-state index contributed by atoms with van der Waals surface area (Å²) < 4.78 is 0. The van der Waals surface area contributed by atoms with Gasteiger partial charge in [-0.3, -0.25) is 20.2 Å². The van der Waals surface area contributed by atoms with Crippen molar-refractivity contribution in [2.75, 3.05) is 0 Å². The third-order valence-electron chi connectivity index (χ3n) is 6.41. The van der Waals surface area contributed by atoms with Gasteiger partial charge in [-0.2, -0.15) is 0 Å². The molecule has 4 rings (SSSR count). The molecule has 2 aromatic rings. The molecule has 2 bridgehead atoms. The molecule has 0 saturated heterocycles. The fourth-order valence-electron chi connectivity index (χ4n) is 4.99. The van der Waals surface area contributed by atoms with E-state index in [1.165, 1.54) is 24.3 Å². The van der Waals surface area contributed by atoms with Crippen molar-refractivity contribution in [2.45, 2.75) is 42.9 Å². The summed E-state index contributed by atoms with van der Waals surface area (Å²) in [5.74, 6) is -0.701. The summed E-state index contributed by atoms with van der Waals surface area (Å²) in [6, 6.07) is 9.12. The Hall–Kier alpha value is -3.16. The Kier molecular flexibility index (Phi) is 3.62. The molecule has 0 heterocycles. The van der Waals surface area contributed by atoms with Crippen LogP contribution in [0, 0.1) is 20.2 Å².